The maximum Gasteiger partial charge on any atom is 0.229 e. The fourth-order valence-corrected chi connectivity index (χ4v) is 1.57. The van der Waals surface area contributed by atoms with Crippen LogP contribution in [0.4, 0.5) is 11.6 Å². The van der Waals surface area contributed by atoms with E-state index in [0.717, 1.165) is 11.3 Å². The maximum atomic E-state index is 5.60. The van der Waals surface area contributed by atoms with Gasteiger partial charge < -0.3 is 10.6 Å². The van der Waals surface area contributed by atoms with Crippen LogP contribution in [0.2, 0.25) is 0 Å². The fraction of sp³-hybridized carbons (Fsp3) is 0.0833. The van der Waals surface area contributed by atoms with Crippen LogP contribution in [0, 0.1) is 0 Å². The van der Waals surface area contributed by atoms with Gasteiger partial charge >= 0.3 is 0 Å². The van der Waals surface area contributed by atoms with Crippen LogP contribution in [0.25, 0.3) is 0 Å². The molecule has 5 heteroatoms. The molecule has 0 aliphatic heterocycles. The molecule has 0 radical (unpaired) electrons. The predicted molar refractivity (Wildman–Crippen MR) is 72.4 cm³/mol. The van der Waals surface area contributed by atoms with Crippen LogP contribution in [0.15, 0.2) is 42.7 Å². The molecule has 1 aromatic heterocycles. The average Bonchev–Trinajstić information content (AvgIpc) is 2.39. The zero-order chi connectivity index (χ0) is 12.3. The molecule has 0 spiro atoms. The van der Waals surface area contributed by atoms with Crippen LogP contribution in [0.1, 0.15) is 5.56 Å². The van der Waals surface area contributed by atoms with Crippen molar-refractivity contribution in [1.29, 1.82) is 0 Å². The molecular formula is C12H12N4S. The number of nitrogens with two attached hydrogens (primary N) is 1. The van der Waals surface area contributed by atoms with Gasteiger partial charge in [-0.15, -0.1) is 0 Å². The number of nitrogens with zero attached hydrogens (tertiary/aromatic N) is 3. The molecule has 0 amide bonds. The Morgan fingerprint density at radius 2 is 1.94 bits per heavy atom. The minimum atomic E-state index is 0.384. The Labute approximate surface area is 105 Å². The highest BCUT2D eigenvalue weighted by atomic mass is 32.1. The first-order valence-electron chi connectivity index (χ1n) is 5.09. The topological polar surface area (TPSA) is 55.0 Å². The molecule has 0 aliphatic carbocycles. The van der Waals surface area contributed by atoms with Gasteiger partial charge in [0.05, 0.1) is 0 Å². The van der Waals surface area contributed by atoms with Gasteiger partial charge in [-0.2, -0.15) is 0 Å². The van der Waals surface area contributed by atoms with Gasteiger partial charge in [0, 0.05) is 30.7 Å². The molecule has 0 bridgehead atoms. The molecule has 0 atom stereocenters. The summed E-state index contributed by atoms with van der Waals surface area (Å²) in [5.74, 6) is 0.632. The van der Waals surface area contributed by atoms with E-state index in [0.29, 0.717) is 10.9 Å². The number of thiocarbonyl (C=S) groups is 1. The van der Waals surface area contributed by atoms with E-state index in [1.54, 1.807) is 18.5 Å². The van der Waals surface area contributed by atoms with Gasteiger partial charge in [-0.1, -0.05) is 24.4 Å². The SMILES string of the molecule is CN(c1cccc(C(N)=S)c1)c1ncccn1. The number of benzene rings is 1. The predicted octanol–water partition coefficient (Wildman–Crippen LogP) is 1.88. The third-order valence-electron chi connectivity index (χ3n) is 2.37. The second kappa shape index (κ2) is 4.88. The molecular weight excluding hydrogens is 232 g/mol. The van der Waals surface area contributed by atoms with Crippen molar-refractivity contribution in [2.75, 3.05) is 11.9 Å². The third kappa shape index (κ3) is 2.57. The molecule has 1 heterocycles. The van der Waals surface area contributed by atoms with Crippen LogP contribution < -0.4 is 10.6 Å². The lowest BCUT2D eigenvalue weighted by Crippen LogP contribution is -2.14. The molecule has 2 rings (SSSR count). The normalized spacial score (nSPS) is 9.94. The lowest BCUT2D eigenvalue weighted by Gasteiger charge is -2.17. The first kappa shape index (κ1) is 11.5. The van der Waals surface area contributed by atoms with Crippen LogP contribution in [-0.2, 0) is 0 Å². The fourth-order valence-electron chi connectivity index (χ4n) is 1.45. The van der Waals surface area contributed by atoms with Crippen LogP contribution >= 0.6 is 12.2 Å². The summed E-state index contributed by atoms with van der Waals surface area (Å²) in [6.45, 7) is 0. The summed E-state index contributed by atoms with van der Waals surface area (Å²) in [6, 6.07) is 9.44. The molecule has 4 nitrogen and oxygen atoms in total. The lowest BCUT2D eigenvalue weighted by atomic mass is 10.2. The van der Waals surface area contributed by atoms with Gasteiger partial charge in [-0.3, -0.25) is 0 Å². The molecule has 0 saturated carbocycles. The summed E-state index contributed by atoms with van der Waals surface area (Å²) in [5, 5.41) is 0. The zero-order valence-corrected chi connectivity index (χ0v) is 10.2. The molecule has 2 N–H and O–H groups in total. The molecule has 1 aromatic carbocycles. The minimum Gasteiger partial charge on any atom is -0.389 e. The van der Waals surface area contributed by atoms with E-state index in [4.69, 9.17) is 18.0 Å². The van der Waals surface area contributed by atoms with E-state index in [1.807, 2.05) is 36.2 Å². The van der Waals surface area contributed by atoms with Gasteiger partial charge in [-0.25, -0.2) is 9.97 Å². The van der Waals surface area contributed by atoms with E-state index >= 15 is 0 Å². The number of anilines is 2. The third-order valence-corrected chi connectivity index (χ3v) is 2.61. The van der Waals surface area contributed by atoms with E-state index in [-0.39, 0.29) is 0 Å². The number of rotatable bonds is 3. The highest BCUT2D eigenvalue weighted by Crippen LogP contribution is 2.20. The Morgan fingerprint density at radius 3 is 2.59 bits per heavy atom. The highest BCUT2D eigenvalue weighted by Gasteiger charge is 2.07. The van der Waals surface area contributed by atoms with Gasteiger partial charge in [0.15, 0.2) is 0 Å². The molecule has 0 saturated heterocycles. The van der Waals surface area contributed by atoms with Crippen LogP contribution in [0.5, 0.6) is 0 Å². The van der Waals surface area contributed by atoms with Crippen molar-refractivity contribution < 1.29 is 0 Å². The largest absolute Gasteiger partial charge is 0.389 e. The van der Waals surface area contributed by atoms with Crippen LogP contribution in [0.3, 0.4) is 0 Å². The van der Waals surface area contributed by atoms with E-state index < -0.39 is 0 Å². The van der Waals surface area contributed by atoms with Crippen molar-refractivity contribution in [3.63, 3.8) is 0 Å². The highest BCUT2D eigenvalue weighted by molar-refractivity contribution is 7.80. The first-order valence-corrected chi connectivity index (χ1v) is 5.50. The van der Waals surface area contributed by atoms with Gasteiger partial charge in [0.1, 0.15) is 4.99 Å². The lowest BCUT2D eigenvalue weighted by molar-refractivity contribution is 1.04. The van der Waals surface area contributed by atoms with Crippen molar-refractivity contribution in [3.8, 4) is 0 Å². The van der Waals surface area contributed by atoms with Gasteiger partial charge in [0.25, 0.3) is 0 Å². The number of aromatic nitrogens is 2. The Morgan fingerprint density at radius 1 is 1.24 bits per heavy atom. The Kier molecular flexibility index (Phi) is 3.30. The van der Waals surface area contributed by atoms with Gasteiger partial charge in [0.2, 0.25) is 5.95 Å². The molecule has 0 aliphatic rings. The second-order valence-electron chi connectivity index (χ2n) is 3.52. The molecule has 17 heavy (non-hydrogen) atoms. The molecule has 0 unspecified atom stereocenters. The molecule has 2 aromatic rings. The summed E-state index contributed by atoms with van der Waals surface area (Å²) in [5.41, 5.74) is 7.38. The second-order valence-corrected chi connectivity index (χ2v) is 3.96. The summed E-state index contributed by atoms with van der Waals surface area (Å²) >= 11 is 4.95. The Bertz CT molecular complexity index is 527. The summed E-state index contributed by atoms with van der Waals surface area (Å²) in [6.07, 6.45) is 3.41. The van der Waals surface area contributed by atoms with Crippen molar-refractivity contribution in [3.05, 3.63) is 48.3 Å². The summed E-state index contributed by atoms with van der Waals surface area (Å²) in [4.78, 5) is 10.6. The number of hydrogen-bond donors (Lipinski definition) is 1. The maximum absolute atomic E-state index is 5.60. The summed E-state index contributed by atoms with van der Waals surface area (Å²) < 4.78 is 0. The zero-order valence-electron chi connectivity index (χ0n) is 9.37. The summed E-state index contributed by atoms with van der Waals surface area (Å²) in [7, 11) is 1.90. The minimum absolute atomic E-state index is 0.384. The van der Waals surface area contributed by atoms with Crippen LogP contribution in [-0.4, -0.2) is 22.0 Å². The van der Waals surface area contributed by atoms with Crippen molar-refractivity contribution in [2.45, 2.75) is 0 Å². The number of hydrogen-bond acceptors (Lipinski definition) is 4. The molecule has 0 fully saturated rings. The Hall–Kier alpha value is -2.01. The van der Waals surface area contributed by atoms with E-state index in [9.17, 15) is 0 Å². The standard InChI is InChI=1S/C12H12N4S/c1-16(12-14-6-3-7-15-12)10-5-2-4-9(8-10)11(13)17/h2-8H,1H3,(H2,13,17). The van der Waals surface area contributed by atoms with Crippen molar-refractivity contribution in [1.82, 2.24) is 9.97 Å². The smallest absolute Gasteiger partial charge is 0.229 e. The Balaban J connectivity index is 2.34. The van der Waals surface area contributed by atoms with Crippen molar-refractivity contribution in [2.24, 2.45) is 5.73 Å². The quantitative estimate of drug-likeness (QED) is 0.835. The first-order chi connectivity index (χ1) is 8.18. The van der Waals surface area contributed by atoms with Crippen molar-refractivity contribution >= 4 is 28.8 Å². The average molecular weight is 244 g/mol. The van der Waals surface area contributed by atoms with E-state index in [1.165, 1.54) is 0 Å². The molecule has 86 valence electrons. The monoisotopic (exact) mass is 244 g/mol. The van der Waals surface area contributed by atoms with Gasteiger partial charge in [-0.05, 0) is 18.2 Å². The van der Waals surface area contributed by atoms with E-state index in [2.05, 4.69) is 9.97 Å².